The molecule has 2 rings (SSSR count). The molecule has 0 radical (unpaired) electrons. The Morgan fingerprint density at radius 1 is 0.900 bits per heavy atom. The Balaban J connectivity index is 2.41. The maximum Gasteiger partial charge on any atom is 0.238 e. The first kappa shape index (κ1) is 14.4. The van der Waals surface area contributed by atoms with E-state index in [0.29, 0.717) is 11.4 Å². The van der Waals surface area contributed by atoms with E-state index in [9.17, 15) is 8.42 Å². The standard InChI is InChI=1S/C14H17N3O2S/c1-9-3-10(2)5-12(4-9)17-13-6-11(15)7-14(8-13)20(16,18)19/h3-8,17H,15H2,1-2H3,(H2,16,18,19). The molecule has 0 heterocycles. The Bertz CT molecular complexity index is 735. The third-order valence-corrected chi connectivity index (χ3v) is 3.66. The van der Waals surface area contributed by atoms with Crippen molar-refractivity contribution >= 4 is 27.1 Å². The minimum atomic E-state index is -3.78. The highest BCUT2D eigenvalue weighted by Gasteiger charge is 2.10. The van der Waals surface area contributed by atoms with Crippen molar-refractivity contribution in [3.63, 3.8) is 0 Å². The summed E-state index contributed by atoms with van der Waals surface area (Å²) in [6.45, 7) is 3.99. The number of rotatable bonds is 3. The van der Waals surface area contributed by atoms with Crippen molar-refractivity contribution in [2.75, 3.05) is 11.1 Å². The van der Waals surface area contributed by atoms with E-state index in [1.54, 1.807) is 6.07 Å². The summed E-state index contributed by atoms with van der Waals surface area (Å²) in [6.07, 6.45) is 0. The van der Waals surface area contributed by atoms with Crippen LogP contribution in [0.25, 0.3) is 0 Å². The van der Waals surface area contributed by atoms with E-state index in [4.69, 9.17) is 10.9 Å². The molecule has 0 aliphatic heterocycles. The van der Waals surface area contributed by atoms with Crippen LogP contribution in [0.2, 0.25) is 0 Å². The van der Waals surface area contributed by atoms with Crippen molar-refractivity contribution in [2.45, 2.75) is 18.7 Å². The lowest BCUT2D eigenvalue weighted by molar-refractivity contribution is 0.598. The van der Waals surface area contributed by atoms with Crippen LogP contribution < -0.4 is 16.2 Å². The number of anilines is 3. The molecule has 5 N–H and O–H groups in total. The van der Waals surface area contributed by atoms with Crippen LogP contribution in [-0.4, -0.2) is 8.42 Å². The summed E-state index contributed by atoms with van der Waals surface area (Å²) in [5, 5.41) is 8.26. The Labute approximate surface area is 118 Å². The molecule has 5 nitrogen and oxygen atoms in total. The van der Waals surface area contributed by atoms with E-state index >= 15 is 0 Å². The van der Waals surface area contributed by atoms with Gasteiger partial charge in [0.1, 0.15) is 0 Å². The zero-order chi connectivity index (χ0) is 14.9. The van der Waals surface area contributed by atoms with Crippen molar-refractivity contribution < 1.29 is 8.42 Å². The van der Waals surface area contributed by atoms with E-state index in [-0.39, 0.29) is 4.90 Å². The molecule has 0 saturated carbocycles. The van der Waals surface area contributed by atoms with Crippen LogP contribution in [-0.2, 0) is 10.0 Å². The number of hydrogen-bond donors (Lipinski definition) is 3. The molecule has 2 aromatic rings. The number of benzene rings is 2. The largest absolute Gasteiger partial charge is 0.399 e. The number of nitrogens with one attached hydrogen (secondary N) is 1. The highest BCUT2D eigenvalue weighted by molar-refractivity contribution is 7.89. The van der Waals surface area contributed by atoms with Gasteiger partial charge in [-0.15, -0.1) is 0 Å². The van der Waals surface area contributed by atoms with Crippen molar-refractivity contribution in [3.05, 3.63) is 47.5 Å². The van der Waals surface area contributed by atoms with Gasteiger partial charge in [0.25, 0.3) is 0 Å². The Kier molecular flexibility index (Phi) is 3.69. The molecule has 0 bridgehead atoms. The average Bonchev–Trinajstić information content (AvgIpc) is 2.25. The molecular formula is C14H17N3O2S. The zero-order valence-electron chi connectivity index (χ0n) is 11.3. The molecular weight excluding hydrogens is 274 g/mol. The summed E-state index contributed by atoms with van der Waals surface area (Å²) >= 11 is 0. The Morgan fingerprint density at radius 2 is 1.45 bits per heavy atom. The van der Waals surface area contributed by atoms with Crippen LogP contribution in [0.4, 0.5) is 17.1 Å². The third kappa shape index (κ3) is 3.49. The summed E-state index contributed by atoms with van der Waals surface area (Å²) in [5.41, 5.74) is 9.73. The summed E-state index contributed by atoms with van der Waals surface area (Å²) in [6, 6.07) is 10.4. The minimum absolute atomic E-state index is 0.00984. The maximum absolute atomic E-state index is 11.4. The SMILES string of the molecule is Cc1cc(C)cc(Nc2cc(N)cc(S(N)(=O)=O)c2)c1. The lowest BCUT2D eigenvalue weighted by Gasteiger charge is -2.11. The summed E-state index contributed by atoms with van der Waals surface area (Å²) in [7, 11) is -3.78. The molecule has 0 aliphatic carbocycles. The second kappa shape index (κ2) is 5.15. The summed E-state index contributed by atoms with van der Waals surface area (Å²) < 4.78 is 22.8. The predicted molar refractivity (Wildman–Crippen MR) is 81.4 cm³/mol. The maximum atomic E-state index is 11.4. The van der Waals surface area contributed by atoms with Crippen molar-refractivity contribution in [1.29, 1.82) is 0 Å². The van der Waals surface area contributed by atoms with E-state index in [1.165, 1.54) is 12.1 Å². The fourth-order valence-corrected chi connectivity index (χ4v) is 2.66. The average molecular weight is 291 g/mol. The highest BCUT2D eigenvalue weighted by Crippen LogP contribution is 2.24. The normalized spacial score (nSPS) is 11.3. The molecule has 0 spiro atoms. The monoisotopic (exact) mass is 291 g/mol. The first-order chi connectivity index (χ1) is 9.24. The van der Waals surface area contributed by atoms with Crippen LogP contribution in [0.5, 0.6) is 0 Å². The molecule has 0 aromatic heterocycles. The van der Waals surface area contributed by atoms with E-state index in [2.05, 4.69) is 11.4 Å². The van der Waals surface area contributed by atoms with Gasteiger partial charge in [-0.25, -0.2) is 13.6 Å². The van der Waals surface area contributed by atoms with Gasteiger partial charge >= 0.3 is 0 Å². The summed E-state index contributed by atoms with van der Waals surface area (Å²) in [4.78, 5) is -0.00984. The van der Waals surface area contributed by atoms with E-state index in [1.807, 2.05) is 26.0 Å². The van der Waals surface area contributed by atoms with Crippen molar-refractivity contribution in [3.8, 4) is 0 Å². The topological polar surface area (TPSA) is 98.2 Å². The zero-order valence-corrected chi connectivity index (χ0v) is 12.2. The molecule has 0 aliphatic rings. The van der Waals surface area contributed by atoms with E-state index < -0.39 is 10.0 Å². The van der Waals surface area contributed by atoms with Gasteiger partial charge in [-0.1, -0.05) is 6.07 Å². The second-order valence-corrected chi connectivity index (χ2v) is 6.40. The summed E-state index contributed by atoms with van der Waals surface area (Å²) in [5.74, 6) is 0. The number of sulfonamides is 1. The van der Waals surface area contributed by atoms with Gasteiger partial charge in [-0.2, -0.15) is 0 Å². The molecule has 0 fully saturated rings. The molecule has 0 saturated heterocycles. The smallest absolute Gasteiger partial charge is 0.238 e. The van der Waals surface area contributed by atoms with Gasteiger partial charge in [-0.05, 0) is 55.3 Å². The molecule has 0 unspecified atom stereocenters. The van der Waals surface area contributed by atoms with Crippen LogP contribution in [0.3, 0.4) is 0 Å². The van der Waals surface area contributed by atoms with Crippen LogP contribution in [0.15, 0.2) is 41.3 Å². The number of hydrogen-bond acceptors (Lipinski definition) is 4. The molecule has 0 amide bonds. The van der Waals surface area contributed by atoms with Crippen LogP contribution >= 0.6 is 0 Å². The molecule has 0 atom stereocenters. The molecule has 20 heavy (non-hydrogen) atoms. The van der Waals surface area contributed by atoms with Gasteiger partial charge in [0.15, 0.2) is 0 Å². The first-order valence-corrected chi connectivity index (χ1v) is 7.57. The van der Waals surface area contributed by atoms with Crippen molar-refractivity contribution in [1.82, 2.24) is 0 Å². The lowest BCUT2D eigenvalue weighted by atomic mass is 10.1. The minimum Gasteiger partial charge on any atom is -0.399 e. The van der Waals surface area contributed by atoms with Crippen LogP contribution in [0, 0.1) is 13.8 Å². The quantitative estimate of drug-likeness (QED) is 0.755. The molecule has 6 heteroatoms. The van der Waals surface area contributed by atoms with Gasteiger partial charge in [0, 0.05) is 17.1 Å². The van der Waals surface area contributed by atoms with Gasteiger partial charge < -0.3 is 11.1 Å². The lowest BCUT2D eigenvalue weighted by Crippen LogP contribution is -2.12. The Hall–Kier alpha value is -2.05. The number of aryl methyl sites for hydroxylation is 2. The molecule has 2 aromatic carbocycles. The first-order valence-electron chi connectivity index (χ1n) is 6.03. The fraction of sp³-hybridized carbons (Fsp3) is 0.143. The van der Waals surface area contributed by atoms with Crippen LogP contribution in [0.1, 0.15) is 11.1 Å². The number of primary sulfonamides is 1. The van der Waals surface area contributed by atoms with E-state index in [0.717, 1.165) is 16.8 Å². The highest BCUT2D eigenvalue weighted by atomic mass is 32.2. The fourth-order valence-electron chi connectivity index (χ4n) is 2.07. The number of nitrogen functional groups attached to an aromatic ring is 1. The predicted octanol–water partition coefficient (Wildman–Crippen LogP) is 2.28. The molecule has 106 valence electrons. The van der Waals surface area contributed by atoms with Gasteiger partial charge in [0.05, 0.1) is 4.90 Å². The van der Waals surface area contributed by atoms with Crippen molar-refractivity contribution in [2.24, 2.45) is 5.14 Å². The second-order valence-electron chi connectivity index (χ2n) is 4.84. The van der Waals surface area contributed by atoms with Gasteiger partial charge in [0.2, 0.25) is 10.0 Å². The van der Waals surface area contributed by atoms with Gasteiger partial charge in [-0.3, -0.25) is 0 Å². The number of nitrogens with two attached hydrogens (primary N) is 2. The Morgan fingerprint density at radius 3 is 2.00 bits per heavy atom. The third-order valence-electron chi connectivity index (χ3n) is 2.77.